The van der Waals surface area contributed by atoms with Crippen LogP contribution in [0.2, 0.25) is 0 Å². The minimum atomic E-state index is -0.393. The fourth-order valence-electron chi connectivity index (χ4n) is 3.40. The van der Waals surface area contributed by atoms with Gasteiger partial charge < -0.3 is 10.2 Å². The van der Waals surface area contributed by atoms with Crippen LogP contribution in [0.25, 0.3) is 0 Å². The number of hydrogen-bond acceptors (Lipinski definition) is 5. The Labute approximate surface area is 112 Å². The molecule has 3 heterocycles. The molecule has 19 heavy (non-hydrogen) atoms. The van der Waals surface area contributed by atoms with Crippen LogP contribution in [0.4, 0.5) is 11.5 Å². The molecule has 6 heteroatoms. The highest BCUT2D eigenvalue weighted by atomic mass is 16.6. The summed E-state index contributed by atoms with van der Waals surface area (Å²) in [5, 5.41) is 14.2. The topological polar surface area (TPSA) is 71.3 Å². The lowest BCUT2D eigenvalue weighted by Gasteiger charge is -2.26. The van der Waals surface area contributed by atoms with Gasteiger partial charge in [-0.15, -0.1) is 0 Å². The number of aryl methyl sites for hydroxylation is 1. The molecule has 0 saturated carbocycles. The fourth-order valence-corrected chi connectivity index (χ4v) is 3.40. The van der Waals surface area contributed by atoms with Gasteiger partial charge in [0.15, 0.2) is 0 Å². The van der Waals surface area contributed by atoms with Crippen molar-refractivity contribution in [1.82, 2.24) is 10.3 Å². The van der Waals surface area contributed by atoms with Crippen molar-refractivity contribution in [1.29, 1.82) is 0 Å². The SMILES string of the molecule is Cc1cc([N+](=O)[O-])cnc1N1CC2CNCC2C1C. The highest BCUT2D eigenvalue weighted by Gasteiger charge is 2.42. The van der Waals surface area contributed by atoms with Gasteiger partial charge in [0.2, 0.25) is 0 Å². The summed E-state index contributed by atoms with van der Waals surface area (Å²) in [6.45, 7) is 7.24. The molecule has 0 bridgehead atoms. The minimum Gasteiger partial charge on any atom is -0.353 e. The quantitative estimate of drug-likeness (QED) is 0.643. The Morgan fingerprint density at radius 2 is 2.32 bits per heavy atom. The van der Waals surface area contributed by atoms with Crippen LogP contribution >= 0.6 is 0 Å². The maximum absolute atomic E-state index is 10.8. The third-order valence-electron chi connectivity index (χ3n) is 4.45. The first-order chi connectivity index (χ1) is 9.08. The average molecular weight is 262 g/mol. The molecule has 3 atom stereocenters. The standard InChI is InChI=1S/C13H18N4O2/c1-8-3-11(17(18)19)5-15-13(8)16-7-10-4-14-6-12(10)9(16)2/h3,5,9-10,12,14H,4,6-7H2,1-2H3. The van der Waals surface area contributed by atoms with Crippen LogP contribution in [-0.4, -0.2) is 35.6 Å². The van der Waals surface area contributed by atoms with E-state index in [1.807, 2.05) is 6.92 Å². The number of aromatic nitrogens is 1. The van der Waals surface area contributed by atoms with Crippen molar-refractivity contribution in [3.8, 4) is 0 Å². The number of hydrogen-bond donors (Lipinski definition) is 1. The normalized spacial score (nSPS) is 29.6. The molecule has 1 aromatic rings. The van der Waals surface area contributed by atoms with E-state index in [0.717, 1.165) is 31.0 Å². The first kappa shape index (κ1) is 12.3. The van der Waals surface area contributed by atoms with E-state index in [9.17, 15) is 10.1 Å². The summed E-state index contributed by atoms with van der Waals surface area (Å²) in [6, 6.07) is 2.05. The Kier molecular flexibility index (Phi) is 2.89. The van der Waals surface area contributed by atoms with Crippen LogP contribution in [0, 0.1) is 28.9 Å². The largest absolute Gasteiger partial charge is 0.353 e. The number of anilines is 1. The zero-order valence-electron chi connectivity index (χ0n) is 11.2. The lowest BCUT2D eigenvalue weighted by Crippen LogP contribution is -2.34. The number of nitrogens with one attached hydrogen (secondary N) is 1. The summed E-state index contributed by atoms with van der Waals surface area (Å²) in [5.74, 6) is 2.23. The van der Waals surface area contributed by atoms with E-state index in [0.29, 0.717) is 17.9 Å². The Morgan fingerprint density at radius 1 is 1.53 bits per heavy atom. The van der Waals surface area contributed by atoms with Crippen molar-refractivity contribution < 1.29 is 4.92 Å². The smallest absolute Gasteiger partial charge is 0.287 e. The maximum atomic E-state index is 10.8. The Balaban J connectivity index is 1.89. The number of pyridine rings is 1. The van der Waals surface area contributed by atoms with Gasteiger partial charge in [0.25, 0.3) is 5.69 Å². The van der Waals surface area contributed by atoms with Crippen LogP contribution in [0.15, 0.2) is 12.3 Å². The molecule has 6 nitrogen and oxygen atoms in total. The number of nitrogens with zero attached hydrogens (tertiary/aromatic N) is 3. The summed E-state index contributed by atoms with van der Waals surface area (Å²) < 4.78 is 0. The van der Waals surface area contributed by atoms with Gasteiger partial charge in [-0.25, -0.2) is 4.98 Å². The molecule has 2 saturated heterocycles. The lowest BCUT2D eigenvalue weighted by atomic mass is 9.95. The van der Waals surface area contributed by atoms with Crippen molar-refractivity contribution in [2.75, 3.05) is 24.5 Å². The second kappa shape index (κ2) is 4.45. The molecule has 0 radical (unpaired) electrons. The van der Waals surface area contributed by atoms with Crippen LogP contribution in [-0.2, 0) is 0 Å². The lowest BCUT2D eigenvalue weighted by molar-refractivity contribution is -0.385. The van der Waals surface area contributed by atoms with E-state index in [2.05, 4.69) is 22.1 Å². The van der Waals surface area contributed by atoms with Crippen molar-refractivity contribution in [3.63, 3.8) is 0 Å². The second-order valence-corrected chi connectivity index (χ2v) is 5.57. The second-order valence-electron chi connectivity index (χ2n) is 5.57. The number of fused-ring (bicyclic) bond motifs is 1. The molecule has 0 amide bonds. The van der Waals surface area contributed by atoms with Gasteiger partial charge in [-0.2, -0.15) is 0 Å². The van der Waals surface area contributed by atoms with Crippen LogP contribution in [0.5, 0.6) is 0 Å². The zero-order valence-corrected chi connectivity index (χ0v) is 11.2. The average Bonchev–Trinajstić information content (AvgIpc) is 2.93. The molecule has 2 fully saturated rings. The summed E-state index contributed by atoms with van der Waals surface area (Å²) in [6.07, 6.45) is 1.36. The molecule has 0 spiro atoms. The fraction of sp³-hybridized carbons (Fsp3) is 0.615. The first-order valence-electron chi connectivity index (χ1n) is 6.66. The molecule has 0 aliphatic carbocycles. The van der Waals surface area contributed by atoms with Crippen LogP contribution < -0.4 is 10.2 Å². The van der Waals surface area contributed by atoms with E-state index in [1.165, 1.54) is 6.20 Å². The Morgan fingerprint density at radius 3 is 2.95 bits per heavy atom. The molecule has 3 unspecified atom stereocenters. The molecule has 102 valence electrons. The van der Waals surface area contributed by atoms with E-state index in [1.54, 1.807) is 6.07 Å². The molecular weight excluding hydrogens is 244 g/mol. The summed E-state index contributed by atoms with van der Waals surface area (Å²) in [4.78, 5) is 17.0. The predicted molar refractivity (Wildman–Crippen MR) is 72.3 cm³/mol. The van der Waals surface area contributed by atoms with Crippen LogP contribution in [0.3, 0.4) is 0 Å². The molecule has 2 aliphatic heterocycles. The van der Waals surface area contributed by atoms with Crippen molar-refractivity contribution in [2.24, 2.45) is 11.8 Å². The predicted octanol–water partition coefficient (Wildman–Crippen LogP) is 1.34. The molecule has 1 aromatic heterocycles. The maximum Gasteiger partial charge on any atom is 0.287 e. The van der Waals surface area contributed by atoms with Crippen LogP contribution in [0.1, 0.15) is 12.5 Å². The minimum absolute atomic E-state index is 0.0648. The number of rotatable bonds is 2. The molecule has 3 rings (SSSR count). The molecular formula is C13H18N4O2. The van der Waals surface area contributed by atoms with Gasteiger partial charge >= 0.3 is 0 Å². The van der Waals surface area contributed by atoms with Crippen molar-refractivity contribution >= 4 is 11.5 Å². The van der Waals surface area contributed by atoms with Crippen molar-refractivity contribution in [3.05, 3.63) is 27.9 Å². The third kappa shape index (κ3) is 1.96. The highest BCUT2D eigenvalue weighted by molar-refractivity contribution is 5.52. The van der Waals surface area contributed by atoms with Gasteiger partial charge in [-0.1, -0.05) is 0 Å². The van der Waals surface area contributed by atoms with E-state index in [4.69, 9.17) is 0 Å². The summed E-state index contributed by atoms with van der Waals surface area (Å²) >= 11 is 0. The first-order valence-corrected chi connectivity index (χ1v) is 6.66. The Hall–Kier alpha value is -1.69. The van der Waals surface area contributed by atoms with E-state index < -0.39 is 4.92 Å². The van der Waals surface area contributed by atoms with E-state index in [-0.39, 0.29) is 5.69 Å². The van der Waals surface area contributed by atoms with Gasteiger partial charge in [0.1, 0.15) is 12.0 Å². The van der Waals surface area contributed by atoms with Crippen molar-refractivity contribution in [2.45, 2.75) is 19.9 Å². The molecule has 1 N–H and O–H groups in total. The molecule has 2 aliphatic rings. The van der Waals surface area contributed by atoms with Gasteiger partial charge in [0.05, 0.1) is 4.92 Å². The Bertz CT molecular complexity index is 519. The number of nitro groups is 1. The summed E-state index contributed by atoms with van der Waals surface area (Å²) in [7, 11) is 0. The summed E-state index contributed by atoms with van der Waals surface area (Å²) in [5.41, 5.74) is 0.948. The van der Waals surface area contributed by atoms with Gasteiger partial charge in [-0.3, -0.25) is 10.1 Å². The highest BCUT2D eigenvalue weighted by Crippen LogP contribution is 2.36. The molecule has 0 aromatic carbocycles. The monoisotopic (exact) mass is 262 g/mol. The van der Waals surface area contributed by atoms with Gasteiger partial charge in [0, 0.05) is 31.7 Å². The van der Waals surface area contributed by atoms with Gasteiger partial charge in [-0.05, 0) is 31.2 Å². The van der Waals surface area contributed by atoms with E-state index >= 15 is 0 Å². The zero-order chi connectivity index (χ0) is 13.6. The third-order valence-corrected chi connectivity index (χ3v) is 4.45.